The van der Waals surface area contributed by atoms with Crippen LogP contribution < -0.4 is 11.1 Å². The third-order valence-electron chi connectivity index (χ3n) is 2.75. The molecule has 1 atom stereocenters. The van der Waals surface area contributed by atoms with Crippen LogP contribution in [0.4, 0.5) is 10.1 Å². The van der Waals surface area contributed by atoms with Crippen molar-refractivity contribution in [1.82, 2.24) is 0 Å². The minimum atomic E-state index is -0.415. The van der Waals surface area contributed by atoms with Crippen LogP contribution in [-0.2, 0) is 9.47 Å². The molecule has 0 aliphatic carbocycles. The quantitative estimate of drug-likeness (QED) is 0.815. The van der Waals surface area contributed by atoms with Gasteiger partial charge >= 0.3 is 0 Å². The lowest BCUT2D eigenvalue weighted by molar-refractivity contribution is -0.0819. The van der Waals surface area contributed by atoms with E-state index in [1.165, 1.54) is 0 Å². The van der Waals surface area contributed by atoms with Crippen molar-refractivity contribution >= 4 is 38.8 Å². The van der Waals surface area contributed by atoms with Crippen molar-refractivity contribution in [2.45, 2.75) is 6.10 Å². The Hall–Kier alpha value is -0.760. The Morgan fingerprint density at radius 1 is 1.53 bits per heavy atom. The molecule has 0 amide bonds. The summed E-state index contributed by atoms with van der Waals surface area (Å²) in [6.07, 6.45) is -0.0674. The van der Waals surface area contributed by atoms with Gasteiger partial charge in [-0.3, -0.25) is 0 Å². The molecule has 1 heterocycles. The zero-order valence-corrected chi connectivity index (χ0v) is 12.5. The van der Waals surface area contributed by atoms with Crippen LogP contribution in [-0.4, -0.2) is 37.5 Å². The summed E-state index contributed by atoms with van der Waals surface area (Å²) in [5.41, 5.74) is 6.36. The van der Waals surface area contributed by atoms with Crippen molar-refractivity contribution < 1.29 is 13.9 Å². The first kappa shape index (κ1) is 14.6. The molecule has 1 saturated heterocycles. The topological polar surface area (TPSA) is 56.5 Å². The second-order valence-electron chi connectivity index (χ2n) is 4.10. The smallest absolute Gasteiger partial charge is 0.161 e. The van der Waals surface area contributed by atoms with Crippen molar-refractivity contribution in [3.63, 3.8) is 0 Å². The van der Waals surface area contributed by atoms with E-state index in [1.54, 1.807) is 12.1 Å². The standard InChI is InChI=1S/C12H14BrFN2O2S/c13-10-8(12(15)19)1-2-9(11(10)14)16-5-7-6-17-3-4-18-7/h1-2,7,16H,3-6H2,(H2,15,19). The highest BCUT2D eigenvalue weighted by atomic mass is 79.9. The SMILES string of the molecule is NC(=S)c1ccc(NCC2COCCO2)c(F)c1Br. The van der Waals surface area contributed by atoms with Crippen molar-refractivity contribution in [3.05, 3.63) is 28.0 Å². The lowest BCUT2D eigenvalue weighted by Crippen LogP contribution is -2.34. The molecule has 3 N–H and O–H groups in total. The molecule has 2 rings (SSSR count). The van der Waals surface area contributed by atoms with E-state index in [0.29, 0.717) is 37.6 Å². The monoisotopic (exact) mass is 348 g/mol. The van der Waals surface area contributed by atoms with Gasteiger partial charge in [0.15, 0.2) is 5.82 Å². The second-order valence-corrected chi connectivity index (χ2v) is 5.33. The van der Waals surface area contributed by atoms with Gasteiger partial charge in [-0.1, -0.05) is 12.2 Å². The van der Waals surface area contributed by atoms with E-state index in [1.807, 2.05) is 0 Å². The molecular formula is C12H14BrFN2O2S. The molecule has 0 radical (unpaired) electrons. The molecule has 1 aliphatic rings. The lowest BCUT2D eigenvalue weighted by atomic mass is 10.2. The maximum Gasteiger partial charge on any atom is 0.161 e. The summed E-state index contributed by atoms with van der Waals surface area (Å²) in [6, 6.07) is 3.29. The van der Waals surface area contributed by atoms with Crippen molar-refractivity contribution in [2.75, 3.05) is 31.7 Å². The number of rotatable bonds is 4. The number of ether oxygens (including phenoxy) is 2. The predicted molar refractivity (Wildman–Crippen MR) is 79.0 cm³/mol. The van der Waals surface area contributed by atoms with Crippen molar-refractivity contribution in [1.29, 1.82) is 0 Å². The highest BCUT2D eigenvalue weighted by Crippen LogP contribution is 2.27. The summed E-state index contributed by atoms with van der Waals surface area (Å²) in [6.45, 7) is 2.18. The molecule has 1 aromatic rings. The van der Waals surface area contributed by atoms with E-state index in [2.05, 4.69) is 21.2 Å². The van der Waals surface area contributed by atoms with Crippen molar-refractivity contribution in [2.24, 2.45) is 5.73 Å². The number of halogens is 2. The van der Waals surface area contributed by atoms with Gasteiger partial charge in [0.05, 0.1) is 36.1 Å². The number of benzene rings is 1. The minimum absolute atomic E-state index is 0.0674. The average Bonchev–Trinajstić information content (AvgIpc) is 2.41. The molecule has 0 saturated carbocycles. The van der Waals surface area contributed by atoms with Gasteiger partial charge in [-0.25, -0.2) is 4.39 Å². The van der Waals surface area contributed by atoms with Gasteiger partial charge in [-0.15, -0.1) is 0 Å². The zero-order chi connectivity index (χ0) is 13.8. The Balaban J connectivity index is 2.04. The molecule has 0 aromatic heterocycles. The largest absolute Gasteiger partial charge is 0.389 e. The first-order valence-corrected chi connectivity index (χ1v) is 7.00. The number of anilines is 1. The second kappa shape index (κ2) is 6.60. The van der Waals surface area contributed by atoms with Crippen LogP contribution in [0.25, 0.3) is 0 Å². The molecule has 4 nitrogen and oxygen atoms in total. The minimum Gasteiger partial charge on any atom is -0.389 e. The third-order valence-corrected chi connectivity index (χ3v) is 3.75. The van der Waals surface area contributed by atoms with Gasteiger partial charge in [0, 0.05) is 12.1 Å². The van der Waals surface area contributed by atoms with Crippen LogP contribution in [0.3, 0.4) is 0 Å². The Kier molecular flexibility index (Phi) is 5.09. The Bertz CT molecular complexity index is 481. The molecule has 1 aliphatic heterocycles. The lowest BCUT2D eigenvalue weighted by Gasteiger charge is -2.23. The van der Waals surface area contributed by atoms with Gasteiger partial charge in [0.25, 0.3) is 0 Å². The van der Waals surface area contributed by atoms with Gasteiger partial charge < -0.3 is 20.5 Å². The molecule has 7 heteroatoms. The number of nitrogens with two attached hydrogens (primary N) is 1. The predicted octanol–water partition coefficient (Wildman–Crippen LogP) is 2.05. The summed E-state index contributed by atoms with van der Waals surface area (Å²) in [4.78, 5) is 0.154. The highest BCUT2D eigenvalue weighted by Gasteiger charge is 2.16. The first-order chi connectivity index (χ1) is 9.09. The fourth-order valence-corrected chi connectivity index (χ4v) is 2.62. The first-order valence-electron chi connectivity index (χ1n) is 5.80. The number of nitrogens with one attached hydrogen (secondary N) is 1. The van der Waals surface area contributed by atoms with Crippen LogP contribution in [0.1, 0.15) is 5.56 Å². The Morgan fingerprint density at radius 2 is 2.32 bits per heavy atom. The number of hydrogen-bond acceptors (Lipinski definition) is 4. The maximum atomic E-state index is 14.1. The number of thiocarbonyl (C=S) groups is 1. The van der Waals surface area contributed by atoms with E-state index in [0.717, 1.165) is 0 Å². The molecule has 104 valence electrons. The highest BCUT2D eigenvalue weighted by molar-refractivity contribution is 9.10. The molecule has 0 bridgehead atoms. The molecule has 1 aromatic carbocycles. The van der Waals surface area contributed by atoms with E-state index >= 15 is 0 Å². The van der Waals surface area contributed by atoms with E-state index < -0.39 is 5.82 Å². The third kappa shape index (κ3) is 3.62. The van der Waals surface area contributed by atoms with Gasteiger partial charge in [0.1, 0.15) is 4.99 Å². The summed E-state index contributed by atoms with van der Waals surface area (Å²) in [5, 5.41) is 3.00. The van der Waals surface area contributed by atoms with Crippen LogP contribution >= 0.6 is 28.1 Å². The molecule has 1 unspecified atom stereocenters. The van der Waals surface area contributed by atoms with E-state index in [9.17, 15) is 4.39 Å². The molecular weight excluding hydrogens is 335 g/mol. The van der Waals surface area contributed by atoms with Crippen molar-refractivity contribution in [3.8, 4) is 0 Å². The fourth-order valence-electron chi connectivity index (χ4n) is 1.75. The van der Waals surface area contributed by atoms with Gasteiger partial charge in [0.2, 0.25) is 0 Å². The van der Waals surface area contributed by atoms with Crippen LogP contribution in [0.5, 0.6) is 0 Å². The Labute approximate surface area is 124 Å². The van der Waals surface area contributed by atoms with Crippen LogP contribution in [0, 0.1) is 5.82 Å². The van der Waals surface area contributed by atoms with Gasteiger partial charge in [-0.2, -0.15) is 0 Å². The zero-order valence-electron chi connectivity index (χ0n) is 10.1. The Morgan fingerprint density at radius 3 is 2.95 bits per heavy atom. The molecule has 19 heavy (non-hydrogen) atoms. The summed E-state index contributed by atoms with van der Waals surface area (Å²) >= 11 is 8.00. The van der Waals surface area contributed by atoms with E-state index in [4.69, 9.17) is 27.4 Å². The number of hydrogen-bond donors (Lipinski definition) is 2. The molecule has 1 fully saturated rings. The molecule has 0 spiro atoms. The van der Waals surface area contributed by atoms with E-state index in [-0.39, 0.29) is 15.6 Å². The summed E-state index contributed by atoms with van der Waals surface area (Å²) < 4.78 is 25.1. The van der Waals surface area contributed by atoms with Crippen LogP contribution in [0.15, 0.2) is 16.6 Å². The normalized spacial score (nSPS) is 19.2. The fraction of sp³-hybridized carbons (Fsp3) is 0.417. The van der Waals surface area contributed by atoms with Crippen LogP contribution in [0.2, 0.25) is 0 Å². The summed E-state index contributed by atoms with van der Waals surface area (Å²) in [5.74, 6) is -0.415. The summed E-state index contributed by atoms with van der Waals surface area (Å²) in [7, 11) is 0. The average molecular weight is 349 g/mol. The maximum absolute atomic E-state index is 14.1. The van der Waals surface area contributed by atoms with Gasteiger partial charge in [-0.05, 0) is 28.1 Å².